The molecule has 6 rings (SSSR count). The molecule has 0 radical (unpaired) electrons. The third kappa shape index (κ3) is 5.46. The van der Waals surface area contributed by atoms with Gasteiger partial charge in [0.2, 0.25) is 5.91 Å². The van der Waals surface area contributed by atoms with Crippen molar-refractivity contribution in [3.8, 4) is 11.1 Å². The second-order valence-electron chi connectivity index (χ2n) is 10.6. The van der Waals surface area contributed by atoms with Crippen LogP contribution in [-0.2, 0) is 20.9 Å². The topological polar surface area (TPSA) is 103 Å². The molecule has 3 fully saturated rings. The van der Waals surface area contributed by atoms with E-state index >= 15 is 0 Å². The second kappa shape index (κ2) is 10.9. The molecule has 3 aromatic carbocycles. The van der Waals surface area contributed by atoms with Gasteiger partial charge < -0.3 is 25.2 Å². The molecule has 2 aliphatic heterocycles. The van der Waals surface area contributed by atoms with E-state index in [2.05, 4.69) is 15.5 Å². The molecule has 0 aromatic heterocycles. The van der Waals surface area contributed by atoms with Crippen LogP contribution in [0.3, 0.4) is 0 Å². The predicted octanol–water partition coefficient (Wildman–Crippen LogP) is 3.92. The van der Waals surface area contributed by atoms with E-state index in [9.17, 15) is 9.59 Å². The van der Waals surface area contributed by atoms with Gasteiger partial charge >= 0.3 is 0 Å². The molecular weight excluding hydrogens is 494 g/mol. The number of anilines is 2. The summed E-state index contributed by atoms with van der Waals surface area (Å²) < 4.78 is 11.4. The lowest BCUT2D eigenvalue weighted by Crippen LogP contribution is -2.53. The number of likely N-dealkylation sites (tertiary alicyclic amines) is 1. The third-order valence-corrected chi connectivity index (χ3v) is 8.08. The Kier molecular flexibility index (Phi) is 7.18. The Morgan fingerprint density at radius 3 is 2.51 bits per heavy atom. The van der Waals surface area contributed by atoms with E-state index < -0.39 is 0 Å². The first kappa shape index (κ1) is 25.7. The number of epoxide rings is 1. The highest BCUT2D eigenvalue weighted by atomic mass is 16.6. The van der Waals surface area contributed by atoms with Crippen molar-refractivity contribution in [3.05, 3.63) is 83.9 Å². The monoisotopic (exact) mass is 527 g/mol. The predicted molar refractivity (Wildman–Crippen MR) is 148 cm³/mol. The number of hydrogen-bond donors (Lipinski definition) is 3. The molecule has 2 amide bonds. The Hall–Kier alpha value is -3.56. The van der Waals surface area contributed by atoms with Crippen molar-refractivity contribution in [1.82, 2.24) is 4.90 Å². The molecule has 2 heterocycles. The van der Waals surface area contributed by atoms with Crippen molar-refractivity contribution < 1.29 is 24.2 Å². The van der Waals surface area contributed by atoms with E-state index in [0.717, 1.165) is 42.6 Å². The molecule has 8 nitrogen and oxygen atoms in total. The first-order valence-corrected chi connectivity index (χ1v) is 13.5. The highest BCUT2D eigenvalue weighted by molar-refractivity contribution is 6.05. The standard InChI is InChI=1S/C31H33N3O5/c35-14-15-38-20-24-7-6-23(30(37)32-26-10-8-22(9-11-26)21-4-2-1-3-5-21)16-27(24)33-29(36)19-34-17-25-12-13-31(25)28(18-34)39-31/h1-11,16,25,28,35H,12-15,17-20H2,(H,32,37)(H,33,36). The summed E-state index contributed by atoms with van der Waals surface area (Å²) in [5.74, 6) is 0.115. The molecule has 3 N–H and O–H groups in total. The lowest BCUT2D eigenvalue weighted by atomic mass is 9.69. The number of nitrogens with one attached hydrogen (secondary N) is 2. The van der Waals surface area contributed by atoms with Crippen LogP contribution < -0.4 is 10.6 Å². The van der Waals surface area contributed by atoms with Gasteiger partial charge in [0.25, 0.3) is 5.91 Å². The first-order chi connectivity index (χ1) is 19.0. The third-order valence-electron chi connectivity index (χ3n) is 8.08. The van der Waals surface area contributed by atoms with Crippen LogP contribution >= 0.6 is 0 Å². The highest BCUT2D eigenvalue weighted by Gasteiger charge is 2.68. The van der Waals surface area contributed by atoms with Gasteiger partial charge in [-0.1, -0.05) is 48.5 Å². The number of carbonyl (C=O) groups is 2. The molecule has 0 bridgehead atoms. The molecule has 8 heteroatoms. The van der Waals surface area contributed by atoms with Crippen molar-refractivity contribution in [3.63, 3.8) is 0 Å². The molecule has 202 valence electrons. The lowest BCUT2D eigenvalue weighted by Gasteiger charge is -2.42. The number of aliphatic hydroxyl groups is 1. The Morgan fingerprint density at radius 1 is 1.00 bits per heavy atom. The van der Waals surface area contributed by atoms with Crippen molar-refractivity contribution in [1.29, 1.82) is 0 Å². The van der Waals surface area contributed by atoms with Crippen molar-refractivity contribution in [2.24, 2.45) is 5.92 Å². The lowest BCUT2D eigenvalue weighted by molar-refractivity contribution is -0.118. The number of hydrogen-bond acceptors (Lipinski definition) is 6. The highest BCUT2D eigenvalue weighted by Crippen LogP contribution is 2.59. The first-order valence-electron chi connectivity index (χ1n) is 13.5. The summed E-state index contributed by atoms with van der Waals surface area (Å²) in [6, 6.07) is 22.9. The summed E-state index contributed by atoms with van der Waals surface area (Å²) in [7, 11) is 0. The number of nitrogens with zero attached hydrogens (tertiary/aromatic N) is 1. The molecule has 3 atom stereocenters. The largest absolute Gasteiger partial charge is 0.394 e. The van der Waals surface area contributed by atoms with Gasteiger partial charge in [-0.05, 0) is 48.2 Å². The van der Waals surface area contributed by atoms with Gasteiger partial charge in [0.05, 0.1) is 26.4 Å². The molecule has 1 saturated carbocycles. The van der Waals surface area contributed by atoms with Gasteiger partial charge in [-0.15, -0.1) is 0 Å². The van der Waals surface area contributed by atoms with Crippen LogP contribution in [0.4, 0.5) is 11.4 Å². The minimum atomic E-state index is -0.274. The van der Waals surface area contributed by atoms with Crippen LogP contribution in [0.2, 0.25) is 0 Å². The number of piperidine rings is 1. The number of carbonyl (C=O) groups excluding carboxylic acids is 2. The summed E-state index contributed by atoms with van der Waals surface area (Å²) in [6.07, 6.45) is 2.56. The molecule has 1 spiro atoms. The summed E-state index contributed by atoms with van der Waals surface area (Å²) in [6.45, 7) is 2.24. The van der Waals surface area contributed by atoms with E-state index in [1.54, 1.807) is 18.2 Å². The zero-order valence-electron chi connectivity index (χ0n) is 21.8. The number of amides is 2. The average molecular weight is 528 g/mol. The maximum absolute atomic E-state index is 13.1. The fraction of sp³-hybridized carbons (Fsp3) is 0.355. The van der Waals surface area contributed by atoms with Crippen LogP contribution in [0, 0.1) is 5.92 Å². The van der Waals surface area contributed by atoms with Gasteiger partial charge in [0.1, 0.15) is 11.7 Å². The Bertz CT molecular complexity index is 1350. The zero-order valence-corrected chi connectivity index (χ0v) is 21.8. The molecule has 3 unspecified atom stereocenters. The van der Waals surface area contributed by atoms with E-state index in [0.29, 0.717) is 22.9 Å². The molecular formula is C31H33N3O5. The Balaban J connectivity index is 1.12. The van der Waals surface area contributed by atoms with Gasteiger partial charge in [-0.2, -0.15) is 0 Å². The van der Waals surface area contributed by atoms with Crippen LogP contribution in [-0.4, -0.2) is 66.4 Å². The van der Waals surface area contributed by atoms with Crippen LogP contribution in [0.5, 0.6) is 0 Å². The zero-order chi connectivity index (χ0) is 26.8. The number of rotatable bonds is 10. The minimum Gasteiger partial charge on any atom is -0.394 e. The second-order valence-corrected chi connectivity index (χ2v) is 10.6. The van der Waals surface area contributed by atoms with Crippen LogP contribution in [0.1, 0.15) is 28.8 Å². The van der Waals surface area contributed by atoms with Crippen molar-refractivity contribution in [2.45, 2.75) is 31.2 Å². The number of aliphatic hydroxyl groups excluding tert-OH is 1. The van der Waals surface area contributed by atoms with Crippen molar-refractivity contribution in [2.75, 3.05) is 43.5 Å². The van der Waals surface area contributed by atoms with E-state index in [1.807, 2.05) is 54.6 Å². The van der Waals surface area contributed by atoms with Gasteiger partial charge in [-0.3, -0.25) is 14.5 Å². The normalized spacial score (nSPS) is 23.2. The summed E-state index contributed by atoms with van der Waals surface area (Å²) >= 11 is 0. The molecule has 39 heavy (non-hydrogen) atoms. The minimum absolute atomic E-state index is 0.0912. The van der Waals surface area contributed by atoms with Crippen LogP contribution in [0.15, 0.2) is 72.8 Å². The average Bonchev–Trinajstić information content (AvgIpc) is 3.70. The fourth-order valence-corrected chi connectivity index (χ4v) is 5.81. The quantitative estimate of drug-likeness (QED) is 0.273. The summed E-state index contributed by atoms with van der Waals surface area (Å²) in [4.78, 5) is 28.3. The molecule has 2 saturated heterocycles. The number of benzene rings is 3. The number of ether oxygens (including phenoxy) is 2. The molecule has 3 aromatic rings. The van der Waals surface area contributed by atoms with E-state index in [4.69, 9.17) is 14.6 Å². The Morgan fingerprint density at radius 2 is 1.79 bits per heavy atom. The maximum atomic E-state index is 13.1. The maximum Gasteiger partial charge on any atom is 0.255 e. The van der Waals surface area contributed by atoms with Gasteiger partial charge in [0, 0.05) is 41.5 Å². The molecule has 3 aliphatic rings. The van der Waals surface area contributed by atoms with Crippen LogP contribution in [0.25, 0.3) is 11.1 Å². The SMILES string of the molecule is O=C(CN1CC2CCC23OC3C1)Nc1cc(C(=O)Nc2ccc(-c3ccccc3)cc2)ccc1COCCO. The summed E-state index contributed by atoms with van der Waals surface area (Å²) in [5.41, 5.74) is 4.66. The van der Waals surface area contributed by atoms with Gasteiger partial charge in [-0.25, -0.2) is 0 Å². The van der Waals surface area contributed by atoms with Crippen molar-refractivity contribution >= 4 is 23.2 Å². The fourth-order valence-electron chi connectivity index (χ4n) is 5.81. The Labute approximate surface area is 227 Å². The smallest absolute Gasteiger partial charge is 0.255 e. The summed E-state index contributed by atoms with van der Waals surface area (Å²) in [5, 5.41) is 15.0. The van der Waals surface area contributed by atoms with E-state index in [-0.39, 0.29) is 49.9 Å². The molecule has 1 aliphatic carbocycles. The van der Waals surface area contributed by atoms with Gasteiger partial charge in [0.15, 0.2) is 0 Å². The van der Waals surface area contributed by atoms with E-state index in [1.165, 1.54) is 0 Å².